The van der Waals surface area contributed by atoms with E-state index < -0.39 is 24.5 Å². The van der Waals surface area contributed by atoms with E-state index in [0.717, 1.165) is 5.75 Å². The summed E-state index contributed by atoms with van der Waals surface area (Å²) in [6, 6.07) is 15.5. The first-order chi connectivity index (χ1) is 14.0. The van der Waals surface area contributed by atoms with Gasteiger partial charge in [-0.05, 0) is 55.7 Å². The van der Waals surface area contributed by atoms with Crippen molar-refractivity contribution >= 4 is 17.8 Å². The van der Waals surface area contributed by atoms with Crippen LogP contribution >= 0.6 is 0 Å². The van der Waals surface area contributed by atoms with Crippen LogP contribution in [0.2, 0.25) is 0 Å². The molecule has 0 aliphatic carbocycles. The molecule has 29 heavy (non-hydrogen) atoms. The number of carbonyl (C=O) groups is 3. The number of hydrogen-bond donors (Lipinski definition) is 4. The molecule has 0 heterocycles. The lowest BCUT2D eigenvalue weighted by molar-refractivity contribution is -0.138. The van der Waals surface area contributed by atoms with Crippen LogP contribution in [0.5, 0.6) is 11.5 Å². The van der Waals surface area contributed by atoms with Gasteiger partial charge < -0.3 is 26.2 Å². The number of nitrogens with one attached hydrogen (secondary N) is 2. The molecule has 2 aromatic rings. The predicted molar refractivity (Wildman–Crippen MR) is 108 cm³/mol. The highest BCUT2D eigenvalue weighted by Crippen LogP contribution is 2.21. The summed E-state index contributed by atoms with van der Waals surface area (Å²) >= 11 is 0. The number of rotatable bonds is 11. The van der Waals surface area contributed by atoms with Crippen LogP contribution in [0.3, 0.4) is 0 Å². The molecule has 5 N–H and O–H groups in total. The van der Waals surface area contributed by atoms with Crippen LogP contribution in [0.1, 0.15) is 29.6 Å². The smallest absolute Gasteiger partial charge is 0.322 e. The number of para-hydroxylation sites is 1. The molecule has 8 heteroatoms. The number of nitrogens with two attached hydrogens (primary N) is 1. The van der Waals surface area contributed by atoms with Crippen molar-refractivity contribution in [2.75, 3.05) is 13.1 Å². The highest BCUT2D eigenvalue weighted by Gasteiger charge is 2.13. The van der Waals surface area contributed by atoms with E-state index in [1.807, 2.05) is 30.3 Å². The zero-order valence-corrected chi connectivity index (χ0v) is 16.0. The summed E-state index contributed by atoms with van der Waals surface area (Å²) in [5.74, 6) is -0.440. The van der Waals surface area contributed by atoms with E-state index >= 15 is 0 Å². The molecule has 2 aromatic carbocycles. The van der Waals surface area contributed by atoms with Gasteiger partial charge >= 0.3 is 5.97 Å². The Hall–Kier alpha value is -3.39. The van der Waals surface area contributed by atoms with Gasteiger partial charge in [0.15, 0.2) is 0 Å². The van der Waals surface area contributed by atoms with Crippen molar-refractivity contribution in [1.29, 1.82) is 0 Å². The minimum Gasteiger partial charge on any atom is -0.480 e. The van der Waals surface area contributed by atoms with E-state index in [-0.39, 0.29) is 5.91 Å². The maximum Gasteiger partial charge on any atom is 0.322 e. The number of ether oxygens (including phenoxy) is 1. The first-order valence-corrected chi connectivity index (χ1v) is 9.32. The number of unbranched alkanes of at least 4 members (excludes halogenated alkanes) is 1. The predicted octanol–water partition coefficient (Wildman–Crippen LogP) is 1.91. The van der Waals surface area contributed by atoms with E-state index in [1.54, 1.807) is 24.3 Å². The standard InChI is InChI=1S/C21H25N3O5/c22-18(21(28)24-14-19(25)26)8-4-5-13-23-20(27)15-9-11-17(12-10-15)29-16-6-2-1-3-7-16/h1-3,6-7,9-12,18H,4-5,8,13-14,22H2,(H,23,27)(H,24,28)(H,25,26)/t18-/m1/s1. The summed E-state index contributed by atoms with van der Waals surface area (Å²) in [6.45, 7) is 0.00232. The van der Waals surface area contributed by atoms with Crippen molar-refractivity contribution < 1.29 is 24.2 Å². The van der Waals surface area contributed by atoms with E-state index in [0.29, 0.717) is 37.1 Å². The first-order valence-electron chi connectivity index (χ1n) is 9.32. The Labute approximate surface area is 169 Å². The second-order valence-corrected chi connectivity index (χ2v) is 6.41. The quantitative estimate of drug-likeness (QED) is 0.427. The van der Waals surface area contributed by atoms with Gasteiger partial charge in [-0.2, -0.15) is 0 Å². The van der Waals surface area contributed by atoms with Crippen LogP contribution in [0.25, 0.3) is 0 Å². The minimum atomic E-state index is -1.12. The molecule has 154 valence electrons. The third-order valence-electron chi connectivity index (χ3n) is 4.07. The average molecular weight is 399 g/mol. The highest BCUT2D eigenvalue weighted by molar-refractivity contribution is 5.94. The molecule has 2 rings (SSSR count). The summed E-state index contributed by atoms with van der Waals surface area (Å²) in [4.78, 5) is 34.1. The fourth-order valence-electron chi connectivity index (χ4n) is 2.52. The molecule has 0 spiro atoms. The lowest BCUT2D eigenvalue weighted by Crippen LogP contribution is -2.42. The summed E-state index contributed by atoms with van der Waals surface area (Å²) in [7, 11) is 0. The summed E-state index contributed by atoms with van der Waals surface area (Å²) < 4.78 is 5.69. The number of carboxylic acids is 1. The van der Waals surface area contributed by atoms with Crippen LogP contribution in [0.4, 0.5) is 0 Å². The van der Waals surface area contributed by atoms with Gasteiger partial charge in [0.1, 0.15) is 18.0 Å². The number of carbonyl (C=O) groups excluding carboxylic acids is 2. The van der Waals surface area contributed by atoms with Crippen LogP contribution in [-0.2, 0) is 9.59 Å². The van der Waals surface area contributed by atoms with Gasteiger partial charge in [0.05, 0.1) is 6.04 Å². The van der Waals surface area contributed by atoms with Crippen molar-refractivity contribution in [3.63, 3.8) is 0 Å². The Morgan fingerprint density at radius 1 is 0.931 bits per heavy atom. The van der Waals surface area contributed by atoms with Gasteiger partial charge in [0.25, 0.3) is 5.91 Å². The third-order valence-corrected chi connectivity index (χ3v) is 4.07. The summed E-state index contributed by atoms with van der Waals surface area (Å²) in [5, 5.41) is 13.6. The Kier molecular flexibility index (Phi) is 8.65. The normalized spacial score (nSPS) is 11.3. The van der Waals surface area contributed by atoms with Crippen molar-refractivity contribution in [1.82, 2.24) is 10.6 Å². The van der Waals surface area contributed by atoms with Crippen molar-refractivity contribution in [3.05, 3.63) is 60.2 Å². The second-order valence-electron chi connectivity index (χ2n) is 6.41. The molecule has 0 saturated carbocycles. The van der Waals surface area contributed by atoms with Gasteiger partial charge in [-0.1, -0.05) is 18.2 Å². The maximum atomic E-state index is 12.2. The number of hydrogen-bond acceptors (Lipinski definition) is 5. The van der Waals surface area contributed by atoms with E-state index in [4.69, 9.17) is 15.6 Å². The molecule has 0 radical (unpaired) electrons. The van der Waals surface area contributed by atoms with E-state index in [2.05, 4.69) is 10.6 Å². The van der Waals surface area contributed by atoms with Crippen LogP contribution in [0, 0.1) is 0 Å². The first kappa shape index (κ1) is 21.9. The van der Waals surface area contributed by atoms with E-state index in [1.165, 1.54) is 0 Å². The van der Waals surface area contributed by atoms with Gasteiger partial charge in [-0.3, -0.25) is 14.4 Å². The fraction of sp³-hybridized carbons (Fsp3) is 0.286. The van der Waals surface area contributed by atoms with Gasteiger partial charge in [0.2, 0.25) is 5.91 Å². The van der Waals surface area contributed by atoms with Gasteiger partial charge in [-0.15, -0.1) is 0 Å². The molecular weight excluding hydrogens is 374 g/mol. The van der Waals surface area contributed by atoms with Crippen molar-refractivity contribution in [2.45, 2.75) is 25.3 Å². The lowest BCUT2D eigenvalue weighted by Gasteiger charge is -2.11. The molecule has 0 saturated heterocycles. The number of benzene rings is 2. The third kappa shape index (κ3) is 8.02. The SMILES string of the molecule is N[C@H](CCCCNC(=O)c1ccc(Oc2ccccc2)cc1)C(=O)NCC(=O)O. The molecule has 0 aliphatic heterocycles. The van der Waals surface area contributed by atoms with Gasteiger partial charge in [-0.25, -0.2) is 0 Å². The molecule has 0 fully saturated rings. The summed E-state index contributed by atoms with van der Waals surface area (Å²) in [6.07, 6.45) is 1.69. The van der Waals surface area contributed by atoms with Crippen LogP contribution in [-0.4, -0.2) is 42.0 Å². The Morgan fingerprint density at radius 2 is 1.59 bits per heavy atom. The maximum absolute atomic E-state index is 12.2. The Balaban J connectivity index is 1.66. The van der Waals surface area contributed by atoms with Crippen molar-refractivity contribution in [2.24, 2.45) is 5.73 Å². The van der Waals surface area contributed by atoms with Crippen molar-refractivity contribution in [3.8, 4) is 11.5 Å². The van der Waals surface area contributed by atoms with Crippen LogP contribution < -0.4 is 21.1 Å². The molecular formula is C21H25N3O5. The van der Waals surface area contributed by atoms with E-state index in [9.17, 15) is 14.4 Å². The Bertz CT molecular complexity index is 809. The molecule has 2 amide bonds. The topological polar surface area (TPSA) is 131 Å². The molecule has 8 nitrogen and oxygen atoms in total. The molecule has 0 bridgehead atoms. The second kappa shape index (κ2) is 11.5. The monoisotopic (exact) mass is 399 g/mol. The molecule has 0 unspecified atom stereocenters. The number of aliphatic carboxylic acids is 1. The van der Waals surface area contributed by atoms with Crippen LogP contribution in [0.15, 0.2) is 54.6 Å². The summed E-state index contributed by atoms with van der Waals surface area (Å²) in [5.41, 5.74) is 6.23. The average Bonchev–Trinajstić information content (AvgIpc) is 2.72. The molecule has 0 aromatic heterocycles. The zero-order valence-electron chi connectivity index (χ0n) is 16.0. The number of amides is 2. The zero-order chi connectivity index (χ0) is 21.1. The molecule has 0 aliphatic rings. The number of carboxylic acid groups (broad SMARTS) is 1. The fourth-order valence-corrected chi connectivity index (χ4v) is 2.52. The largest absolute Gasteiger partial charge is 0.480 e. The molecule has 1 atom stereocenters. The Morgan fingerprint density at radius 3 is 2.24 bits per heavy atom. The van der Waals surface area contributed by atoms with Gasteiger partial charge in [0, 0.05) is 12.1 Å². The highest BCUT2D eigenvalue weighted by atomic mass is 16.5. The lowest BCUT2D eigenvalue weighted by atomic mass is 10.1. The minimum absolute atomic E-state index is 0.195.